The van der Waals surface area contributed by atoms with Gasteiger partial charge in [0.25, 0.3) is 0 Å². The zero-order chi connectivity index (χ0) is 24.7. The quantitative estimate of drug-likeness (QED) is 0.506. The van der Waals surface area contributed by atoms with Crippen LogP contribution in [0.3, 0.4) is 0 Å². The van der Waals surface area contributed by atoms with E-state index in [1.807, 2.05) is 73.2 Å². The molecule has 1 saturated heterocycles. The Morgan fingerprint density at radius 2 is 2.00 bits per heavy atom. The van der Waals surface area contributed by atoms with Gasteiger partial charge in [0.1, 0.15) is 11.8 Å². The van der Waals surface area contributed by atoms with E-state index in [4.69, 9.17) is 16.6 Å². The van der Waals surface area contributed by atoms with Gasteiger partial charge in [-0.1, -0.05) is 23.7 Å². The normalized spacial score (nSPS) is 18.7. The Kier molecular flexibility index (Phi) is 6.26. The number of hydrogen-bond donors (Lipinski definition) is 2. The number of rotatable bonds is 5. The number of carbonyl (C=O) groups is 1. The molecular weight excluding hydrogens is 460 g/mol. The highest BCUT2D eigenvalue weighted by Crippen LogP contribution is 2.41. The topological polar surface area (TPSA) is 68.2 Å². The van der Waals surface area contributed by atoms with E-state index in [1.54, 1.807) is 18.5 Å². The van der Waals surface area contributed by atoms with Crippen LogP contribution in [-0.2, 0) is 4.79 Å². The van der Waals surface area contributed by atoms with Gasteiger partial charge in [-0.25, -0.2) is 4.99 Å². The van der Waals surface area contributed by atoms with Crippen molar-refractivity contribution in [2.75, 3.05) is 25.0 Å². The molecule has 180 valence electrons. The Morgan fingerprint density at radius 1 is 1.20 bits per heavy atom. The molecule has 3 aromatic rings. The van der Waals surface area contributed by atoms with Crippen LogP contribution >= 0.6 is 11.6 Å². The number of benzene rings is 3. The number of amides is 1. The summed E-state index contributed by atoms with van der Waals surface area (Å²) < 4.78 is 0. The predicted molar refractivity (Wildman–Crippen MR) is 142 cm³/mol. The van der Waals surface area contributed by atoms with Crippen molar-refractivity contribution in [1.82, 2.24) is 10.2 Å². The largest absolute Gasteiger partial charge is 0.508 e. The molecule has 2 aliphatic heterocycles. The van der Waals surface area contributed by atoms with Crippen LogP contribution in [0.4, 0.5) is 11.4 Å². The first-order valence-corrected chi connectivity index (χ1v) is 12.2. The Hall–Kier alpha value is -3.35. The van der Waals surface area contributed by atoms with Gasteiger partial charge in [0.05, 0.1) is 12.0 Å². The van der Waals surface area contributed by atoms with Crippen molar-refractivity contribution in [3.8, 4) is 16.9 Å². The highest BCUT2D eigenvalue weighted by atomic mass is 35.5. The fourth-order valence-corrected chi connectivity index (χ4v) is 5.12. The van der Waals surface area contributed by atoms with Crippen LogP contribution < -0.4 is 10.2 Å². The fourth-order valence-electron chi connectivity index (χ4n) is 4.83. The van der Waals surface area contributed by atoms with Gasteiger partial charge < -0.3 is 20.2 Å². The summed E-state index contributed by atoms with van der Waals surface area (Å²) in [4.78, 5) is 22.4. The van der Waals surface area contributed by atoms with Gasteiger partial charge in [-0.2, -0.15) is 0 Å². The second kappa shape index (κ2) is 9.36. The minimum absolute atomic E-state index is 0.00515. The van der Waals surface area contributed by atoms with E-state index in [-0.39, 0.29) is 11.7 Å². The summed E-state index contributed by atoms with van der Waals surface area (Å²) in [6, 6.07) is 16.7. The maximum Gasteiger partial charge on any atom is 0.250 e. The van der Waals surface area contributed by atoms with E-state index in [0.717, 1.165) is 52.2 Å². The third-order valence-corrected chi connectivity index (χ3v) is 7.00. The van der Waals surface area contributed by atoms with Crippen LogP contribution in [0.15, 0.2) is 59.6 Å². The number of anilines is 1. The summed E-state index contributed by atoms with van der Waals surface area (Å²) in [7, 11) is 1.86. The lowest BCUT2D eigenvalue weighted by Crippen LogP contribution is -2.52. The molecule has 0 aromatic heterocycles. The molecule has 0 spiro atoms. The number of phenols is 1. The molecule has 2 aliphatic rings. The van der Waals surface area contributed by atoms with Crippen molar-refractivity contribution in [1.29, 1.82) is 0 Å². The first kappa shape index (κ1) is 23.4. The van der Waals surface area contributed by atoms with E-state index in [0.29, 0.717) is 17.6 Å². The summed E-state index contributed by atoms with van der Waals surface area (Å²) >= 11 is 6.40. The molecule has 2 N–H and O–H groups in total. The Balaban J connectivity index is 1.62. The lowest BCUT2D eigenvalue weighted by molar-refractivity contribution is -0.131. The van der Waals surface area contributed by atoms with Crippen LogP contribution in [0.25, 0.3) is 11.1 Å². The van der Waals surface area contributed by atoms with Crippen molar-refractivity contribution in [3.05, 3.63) is 76.3 Å². The summed E-state index contributed by atoms with van der Waals surface area (Å²) in [5, 5.41) is 14.1. The number of aliphatic imine (C=N–C) groups is 1. The molecule has 1 unspecified atom stereocenters. The Morgan fingerprint density at radius 3 is 2.69 bits per heavy atom. The number of likely N-dealkylation sites (N-methyl/N-ethyl adjacent to an activating group) is 1. The minimum atomic E-state index is -0.595. The van der Waals surface area contributed by atoms with Gasteiger partial charge in [0.2, 0.25) is 5.91 Å². The highest BCUT2D eigenvalue weighted by molar-refractivity contribution is 6.31. The van der Waals surface area contributed by atoms with Crippen LogP contribution in [0.1, 0.15) is 29.2 Å². The van der Waals surface area contributed by atoms with Crippen molar-refractivity contribution in [2.45, 2.75) is 32.4 Å². The summed E-state index contributed by atoms with van der Waals surface area (Å²) in [5.74, 6) is 0.198. The molecule has 2 heterocycles. The van der Waals surface area contributed by atoms with Crippen molar-refractivity contribution >= 4 is 35.2 Å². The number of carbonyl (C=O) groups excluding carboxylic acids is 1. The SMILES string of the molecule is Cc1cc(Cl)cc(N2C=Nc3cc(C)c(-c4cccc(O)c4)cc3C2C(=O)N(C)C[C@@H]2CCN2)c1. The predicted octanol–water partition coefficient (Wildman–Crippen LogP) is 5.37. The second-order valence-electron chi connectivity index (χ2n) is 9.48. The number of hydrogen-bond acceptors (Lipinski definition) is 5. The maximum absolute atomic E-state index is 14.0. The lowest BCUT2D eigenvalue weighted by Gasteiger charge is -2.38. The average molecular weight is 489 g/mol. The zero-order valence-corrected chi connectivity index (χ0v) is 20.9. The van der Waals surface area contributed by atoms with Crippen LogP contribution in [0.2, 0.25) is 5.02 Å². The van der Waals surface area contributed by atoms with Crippen molar-refractivity contribution in [3.63, 3.8) is 0 Å². The minimum Gasteiger partial charge on any atom is -0.508 e. The first-order valence-electron chi connectivity index (χ1n) is 11.8. The zero-order valence-electron chi connectivity index (χ0n) is 20.1. The van der Waals surface area contributed by atoms with E-state index < -0.39 is 6.04 Å². The standard InChI is InChI=1S/C28H29ClN4O2/c1-17-9-20(29)13-22(10-17)33-16-31-26-11-18(2)24(19-5-4-6-23(34)12-19)14-25(26)27(33)28(35)32(3)15-21-7-8-30-21/h4-6,9-14,16,21,27,30,34H,7-8,15H2,1-3H3/t21-,27?/m0/s1. The molecule has 35 heavy (non-hydrogen) atoms. The van der Waals surface area contributed by atoms with Gasteiger partial charge >= 0.3 is 0 Å². The molecule has 0 bridgehead atoms. The molecule has 2 atom stereocenters. The number of aryl methyl sites for hydroxylation is 2. The number of phenolic OH excluding ortho intramolecular Hbond substituents is 1. The molecular formula is C28H29ClN4O2. The average Bonchev–Trinajstić information content (AvgIpc) is 2.79. The molecule has 0 aliphatic carbocycles. The van der Waals surface area contributed by atoms with Gasteiger partial charge in [-0.05, 0) is 91.5 Å². The molecule has 3 aromatic carbocycles. The summed E-state index contributed by atoms with van der Waals surface area (Å²) in [5.41, 5.74) is 6.30. The number of halogens is 1. The molecule has 5 rings (SSSR count). The van der Waals surface area contributed by atoms with E-state index in [1.165, 1.54) is 0 Å². The third-order valence-electron chi connectivity index (χ3n) is 6.78. The summed E-state index contributed by atoms with van der Waals surface area (Å²) in [6.07, 6.45) is 2.80. The molecule has 0 radical (unpaired) electrons. The maximum atomic E-state index is 14.0. The van der Waals surface area contributed by atoms with Gasteiger partial charge in [-0.3, -0.25) is 4.79 Å². The first-order chi connectivity index (χ1) is 16.8. The lowest BCUT2D eigenvalue weighted by atomic mass is 9.91. The van der Waals surface area contributed by atoms with Crippen LogP contribution in [0, 0.1) is 13.8 Å². The Labute approximate surface area is 210 Å². The molecule has 1 amide bonds. The smallest absolute Gasteiger partial charge is 0.250 e. The number of aromatic hydroxyl groups is 1. The van der Waals surface area contributed by atoms with E-state index in [2.05, 4.69) is 5.32 Å². The third kappa shape index (κ3) is 4.64. The molecule has 7 heteroatoms. The number of nitrogens with one attached hydrogen (secondary N) is 1. The van der Waals surface area contributed by atoms with E-state index in [9.17, 15) is 9.90 Å². The van der Waals surface area contributed by atoms with Gasteiger partial charge in [-0.15, -0.1) is 0 Å². The highest BCUT2D eigenvalue weighted by Gasteiger charge is 2.36. The molecule has 6 nitrogen and oxygen atoms in total. The summed E-state index contributed by atoms with van der Waals surface area (Å²) in [6.45, 7) is 5.65. The fraction of sp³-hybridized carbons (Fsp3) is 0.286. The molecule has 0 saturated carbocycles. The van der Waals surface area contributed by atoms with Gasteiger partial charge in [0, 0.05) is 35.9 Å². The van der Waals surface area contributed by atoms with Crippen molar-refractivity contribution in [2.24, 2.45) is 4.99 Å². The monoisotopic (exact) mass is 488 g/mol. The molecule has 1 fully saturated rings. The second-order valence-corrected chi connectivity index (χ2v) is 9.91. The van der Waals surface area contributed by atoms with Crippen LogP contribution in [-0.4, -0.2) is 48.4 Å². The number of nitrogens with zero attached hydrogens (tertiary/aromatic N) is 3. The van der Waals surface area contributed by atoms with Crippen LogP contribution in [0.5, 0.6) is 5.75 Å². The van der Waals surface area contributed by atoms with Crippen molar-refractivity contribution < 1.29 is 9.90 Å². The van der Waals surface area contributed by atoms with E-state index >= 15 is 0 Å². The Bertz CT molecular complexity index is 1300. The van der Waals surface area contributed by atoms with Gasteiger partial charge in [0.15, 0.2) is 0 Å². The number of fused-ring (bicyclic) bond motifs is 1.